The van der Waals surface area contributed by atoms with Crippen molar-refractivity contribution in [3.8, 4) is 0 Å². The molecule has 0 fully saturated rings. The van der Waals surface area contributed by atoms with Gasteiger partial charge in [0.05, 0.1) is 11.2 Å². The first kappa shape index (κ1) is 14.1. The molecular weight excluding hydrogens is 264 g/mol. The lowest BCUT2D eigenvalue weighted by Gasteiger charge is -2.16. The van der Waals surface area contributed by atoms with Gasteiger partial charge in [-0.1, -0.05) is 13.8 Å². The Kier molecular flexibility index (Phi) is 4.23. The van der Waals surface area contributed by atoms with Crippen LogP contribution in [0.2, 0.25) is 0 Å². The fourth-order valence-electron chi connectivity index (χ4n) is 1.16. The second-order valence-electron chi connectivity index (χ2n) is 3.88. The van der Waals surface area contributed by atoms with E-state index in [1.54, 1.807) is 20.8 Å². The first-order valence-corrected chi connectivity index (χ1v) is 7.21. The fourth-order valence-corrected chi connectivity index (χ4v) is 3.62. The molecular formula is C9H14N2O4S2. The summed E-state index contributed by atoms with van der Waals surface area (Å²) in [5.74, 6) is -1.53. The number of rotatable bonds is 5. The molecule has 1 aromatic rings. The highest BCUT2D eigenvalue weighted by Crippen LogP contribution is 2.18. The van der Waals surface area contributed by atoms with Crippen LogP contribution >= 0.6 is 11.3 Å². The number of sulfonamides is 1. The molecule has 8 heteroatoms. The lowest BCUT2D eigenvalue weighted by Crippen LogP contribution is -2.43. The van der Waals surface area contributed by atoms with Crippen molar-refractivity contribution >= 4 is 27.3 Å². The molecule has 2 N–H and O–H groups in total. The van der Waals surface area contributed by atoms with Crippen molar-refractivity contribution < 1.29 is 18.3 Å². The molecule has 1 rings (SSSR count). The van der Waals surface area contributed by atoms with Crippen LogP contribution in [0.15, 0.2) is 10.4 Å². The lowest BCUT2D eigenvalue weighted by atomic mass is 10.1. The summed E-state index contributed by atoms with van der Waals surface area (Å²) < 4.78 is 25.9. The molecule has 6 nitrogen and oxygen atoms in total. The fraction of sp³-hybridized carbons (Fsp3) is 0.556. The number of aromatic nitrogens is 1. The van der Waals surface area contributed by atoms with Crippen molar-refractivity contribution in [2.75, 3.05) is 0 Å². The second kappa shape index (κ2) is 5.11. The molecule has 0 aliphatic carbocycles. The van der Waals surface area contributed by atoms with E-state index >= 15 is 0 Å². The molecule has 0 saturated carbocycles. The summed E-state index contributed by atoms with van der Waals surface area (Å²) in [7, 11) is -3.80. The number of carboxylic acids is 1. The molecule has 1 atom stereocenters. The normalized spacial score (nSPS) is 13.9. The van der Waals surface area contributed by atoms with Gasteiger partial charge in [0.1, 0.15) is 6.04 Å². The summed E-state index contributed by atoms with van der Waals surface area (Å²) in [6.45, 7) is 4.96. The quantitative estimate of drug-likeness (QED) is 0.832. The van der Waals surface area contributed by atoms with Crippen LogP contribution in [0.3, 0.4) is 0 Å². The first-order chi connectivity index (χ1) is 7.74. The van der Waals surface area contributed by atoms with Gasteiger partial charge in [0.2, 0.25) is 0 Å². The summed E-state index contributed by atoms with van der Waals surface area (Å²) in [6.07, 6.45) is 1.22. The van der Waals surface area contributed by atoms with E-state index in [0.29, 0.717) is 5.01 Å². The number of thiazole rings is 1. The van der Waals surface area contributed by atoms with E-state index < -0.39 is 22.0 Å². The molecule has 0 saturated heterocycles. The third-order valence-corrected chi connectivity index (χ3v) is 4.89. The maximum absolute atomic E-state index is 11.9. The summed E-state index contributed by atoms with van der Waals surface area (Å²) in [5.41, 5.74) is 0. The standard InChI is InChI=1S/C9H14N2O4S2/c1-5(2)8(9(12)13)11-17(14,15)7-4-10-6(3)16-7/h4-5,8,11H,1-3H3,(H,12,13)/t8-/m1/s1. The van der Waals surface area contributed by atoms with E-state index in [1.165, 1.54) is 6.20 Å². The number of aryl methyl sites for hydroxylation is 1. The molecule has 0 amide bonds. The molecule has 0 bridgehead atoms. The van der Waals surface area contributed by atoms with Crippen LogP contribution in [0.5, 0.6) is 0 Å². The SMILES string of the molecule is Cc1ncc(S(=O)(=O)N[C@@H](C(=O)O)C(C)C)s1. The predicted molar refractivity (Wildman–Crippen MR) is 63.4 cm³/mol. The number of hydrogen-bond acceptors (Lipinski definition) is 5. The second-order valence-corrected chi connectivity index (χ2v) is 7.06. The van der Waals surface area contributed by atoms with E-state index in [-0.39, 0.29) is 10.1 Å². The first-order valence-electron chi connectivity index (χ1n) is 4.91. The Morgan fingerprint density at radius 2 is 2.12 bits per heavy atom. The molecule has 1 aromatic heterocycles. The zero-order valence-electron chi connectivity index (χ0n) is 9.67. The van der Waals surface area contributed by atoms with Gasteiger partial charge < -0.3 is 5.11 Å². The van der Waals surface area contributed by atoms with Crippen LogP contribution in [0.4, 0.5) is 0 Å². The Morgan fingerprint density at radius 3 is 2.47 bits per heavy atom. The van der Waals surface area contributed by atoms with Crippen LogP contribution in [-0.4, -0.2) is 30.5 Å². The molecule has 0 aliphatic rings. The van der Waals surface area contributed by atoms with E-state index in [1.807, 2.05) is 0 Å². The molecule has 0 aromatic carbocycles. The maximum atomic E-state index is 11.9. The minimum atomic E-state index is -3.80. The Labute approximate surface area is 104 Å². The summed E-state index contributed by atoms with van der Waals surface area (Å²) in [6, 6.07) is -1.14. The summed E-state index contributed by atoms with van der Waals surface area (Å²) >= 11 is 1.01. The van der Waals surface area contributed by atoms with Gasteiger partial charge in [-0.3, -0.25) is 4.79 Å². The third kappa shape index (κ3) is 3.48. The van der Waals surface area contributed by atoms with Gasteiger partial charge in [-0.05, 0) is 12.8 Å². The van der Waals surface area contributed by atoms with E-state index in [9.17, 15) is 13.2 Å². The van der Waals surface area contributed by atoms with E-state index in [0.717, 1.165) is 11.3 Å². The molecule has 1 heterocycles. The number of nitrogens with zero attached hydrogens (tertiary/aromatic N) is 1. The highest BCUT2D eigenvalue weighted by molar-refractivity contribution is 7.91. The average molecular weight is 278 g/mol. The Bertz CT molecular complexity index is 507. The van der Waals surface area contributed by atoms with Gasteiger partial charge in [-0.15, -0.1) is 11.3 Å². The van der Waals surface area contributed by atoms with Crippen molar-refractivity contribution in [3.05, 3.63) is 11.2 Å². The number of carbonyl (C=O) groups is 1. The van der Waals surface area contributed by atoms with Gasteiger partial charge in [0.25, 0.3) is 10.0 Å². The highest BCUT2D eigenvalue weighted by atomic mass is 32.2. The van der Waals surface area contributed by atoms with Gasteiger partial charge in [0.15, 0.2) is 4.21 Å². The van der Waals surface area contributed by atoms with Crippen LogP contribution in [0.1, 0.15) is 18.9 Å². The third-order valence-electron chi connectivity index (χ3n) is 2.08. The van der Waals surface area contributed by atoms with Gasteiger partial charge in [0, 0.05) is 0 Å². The molecule has 0 unspecified atom stereocenters. The zero-order chi connectivity index (χ0) is 13.2. The molecule has 17 heavy (non-hydrogen) atoms. The van der Waals surface area contributed by atoms with Crippen molar-refractivity contribution in [1.82, 2.24) is 9.71 Å². The molecule has 0 spiro atoms. The Hall–Kier alpha value is -0.990. The van der Waals surface area contributed by atoms with Crippen LogP contribution < -0.4 is 4.72 Å². The number of hydrogen-bond donors (Lipinski definition) is 2. The summed E-state index contributed by atoms with van der Waals surface area (Å²) in [5, 5.41) is 9.53. The predicted octanol–water partition coefficient (Wildman–Crippen LogP) is 0.839. The smallest absolute Gasteiger partial charge is 0.322 e. The Balaban J connectivity index is 2.97. The lowest BCUT2D eigenvalue weighted by molar-refractivity contribution is -0.140. The van der Waals surface area contributed by atoms with Crippen LogP contribution in [-0.2, 0) is 14.8 Å². The van der Waals surface area contributed by atoms with Crippen molar-refractivity contribution in [1.29, 1.82) is 0 Å². The topological polar surface area (TPSA) is 96.4 Å². The zero-order valence-corrected chi connectivity index (χ0v) is 11.3. The van der Waals surface area contributed by atoms with E-state index in [2.05, 4.69) is 9.71 Å². The van der Waals surface area contributed by atoms with Gasteiger partial charge in [-0.2, -0.15) is 4.72 Å². The average Bonchev–Trinajstić information content (AvgIpc) is 2.61. The monoisotopic (exact) mass is 278 g/mol. The number of aliphatic carboxylic acids is 1. The molecule has 0 radical (unpaired) electrons. The van der Waals surface area contributed by atoms with Crippen molar-refractivity contribution in [2.24, 2.45) is 5.92 Å². The maximum Gasteiger partial charge on any atom is 0.322 e. The van der Waals surface area contributed by atoms with Crippen molar-refractivity contribution in [2.45, 2.75) is 31.0 Å². The highest BCUT2D eigenvalue weighted by Gasteiger charge is 2.28. The molecule has 0 aliphatic heterocycles. The number of carboxylic acid groups (broad SMARTS) is 1. The Morgan fingerprint density at radius 1 is 1.53 bits per heavy atom. The number of nitrogens with one attached hydrogen (secondary N) is 1. The largest absolute Gasteiger partial charge is 0.480 e. The van der Waals surface area contributed by atoms with Crippen molar-refractivity contribution in [3.63, 3.8) is 0 Å². The van der Waals surface area contributed by atoms with Crippen LogP contribution in [0.25, 0.3) is 0 Å². The van der Waals surface area contributed by atoms with Gasteiger partial charge >= 0.3 is 5.97 Å². The van der Waals surface area contributed by atoms with E-state index in [4.69, 9.17) is 5.11 Å². The minimum absolute atomic E-state index is 0.0295. The molecule has 96 valence electrons. The minimum Gasteiger partial charge on any atom is -0.480 e. The van der Waals surface area contributed by atoms with Crippen LogP contribution in [0, 0.1) is 12.8 Å². The van der Waals surface area contributed by atoms with Gasteiger partial charge in [-0.25, -0.2) is 13.4 Å². The summed E-state index contributed by atoms with van der Waals surface area (Å²) in [4.78, 5) is 14.7.